The summed E-state index contributed by atoms with van der Waals surface area (Å²) in [7, 11) is -5.14. The number of aromatic nitrogens is 1. The van der Waals surface area contributed by atoms with E-state index >= 15 is 0 Å². The van der Waals surface area contributed by atoms with Gasteiger partial charge in [-0.2, -0.15) is 8.42 Å². The van der Waals surface area contributed by atoms with Gasteiger partial charge in [-0.05, 0) is 61.0 Å². The Kier molecular flexibility index (Phi) is 12.6. The largest absolute Gasteiger partial charge is 0.457 e. The molecule has 3 N–H and O–H groups in total. The molecule has 1 aromatic carbocycles. The highest BCUT2D eigenvalue weighted by Gasteiger charge is 2.56. The van der Waals surface area contributed by atoms with E-state index in [0.29, 0.717) is 0 Å². The number of benzene rings is 1. The molecule has 54 heavy (non-hydrogen) atoms. The number of nitrogens with one attached hydrogen (secondary N) is 2. The van der Waals surface area contributed by atoms with Crippen LogP contribution in [0.1, 0.15) is 66.6 Å². The summed E-state index contributed by atoms with van der Waals surface area (Å²) in [5, 5.41) is 9.99. The van der Waals surface area contributed by atoms with Crippen molar-refractivity contribution in [1.29, 1.82) is 0 Å². The first kappa shape index (κ1) is 41.9. The first-order valence-electron chi connectivity index (χ1n) is 16.6. The van der Waals surface area contributed by atoms with Gasteiger partial charge in [0.1, 0.15) is 29.0 Å². The standard InChI is InChI=1S/C33H44N6O13S2/c1-31(2,3)50-27(42)33(7,8)52-37-23(21-18-53-28(34-21)36-29(43)51-32(4,5)6)25(40)35-24-22(39(26(24)41)54(45,46)47)15-38-14-20(49-30(38)44)17-48-16-19-12-10-9-11-13-19/h9-13,18,20,22,24H,14-17H2,1-8H3,(H,35,40)(H,34,36,43)(H,45,46,47)/t20?,22-,24+/m1/s1. The Morgan fingerprint density at radius 2 is 1.69 bits per heavy atom. The second-order valence-corrected chi connectivity index (χ2v) is 16.9. The second kappa shape index (κ2) is 16.2. The van der Waals surface area contributed by atoms with Crippen molar-refractivity contribution in [1.82, 2.24) is 19.5 Å². The number of thiazole rings is 1. The van der Waals surface area contributed by atoms with Crippen molar-refractivity contribution in [2.45, 2.75) is 97.0 Å². The molecule has 0 saturated carbocycles. The number of hydrogen-bond acceptors (Lipinski definition) is 15. The Morgan fingerprint density at radius 3 is 2.30 bits per heavy atom. The van der Waals surface area contributed by atoms with Crippen molar-refractivity contribution in [2.75, 3.05) is 25.0 Å². The molecular weight excluding hydrogens is 753 g/mol. The number of nitrogens with zero attached hydrogens (tertiary/aromatic N) is 4. The minimum absolute atomic E-state index is 0.0147. The van der Waals surface area contributed by atoms with Crippen LogP contribution in [0.3, 0.4) is 0 Å². The van der Waals surface area contributed by atoms with Gasteiger partial charge in [0, 0.05) is 11.9 Å². The number of cyclic esters (lactones) is 1. The van der Waals surface area contributed by atoms with Crippen molar-refractivity contribution in [2.24, 2.45) is 5.16 Å². The quantitative estimate of drug-likeness (QED) is 0.0622. The van der Waals surface area contributed by atoms with Crippen molar-refractivity contribution in [3.05, 3.63) is 47.0 Å². The topological polar surface area (TPSA) is 242 Å². The van der Waals surface area contributed by atoms with Crippen LogP contribution in [0, 0.1) is 0 Å². The summed E-state index contributed by atoms with van der Waals surface area (Å²) in [5.41, 5.74) is -3.35. The molecule has 0 aliphatic carbocycles. The first-order valence-corrected chi connectivity index (χ1v) is 18.9. The highest BCUT2D eigenvalue weighted by molar-refractivity contribution is 7.84. The van der Waals surface area contributed by atoms with Crippen LogP contribution in [0.5, 0.6) is 0 Å². The van der Waals surface area contributed by atoms with E-state index in [1.54, 1.807) is 41.5 Å². The molecule has 2 aliphatic rings. The van der Waals surface area contributed by atoms with Crippen molar-refractivity contribution in [3.63, 3.8) is 0 Å². The molecule has 3 atom stereocenters. The lowest BCUT2D eigenvalue weighted by Gasteiger charge is -2.45. The number of β-lactam (4-membered cyclic amide) rings is 1. The van der Waals surface area contributed by atoms with Crippen molar-refractivity contribution < 1.29 is 60.7 Å². The monoisotopic (exact) mass is 796 g/mol. The fourth-order valence-electron chi connectivity index (χ4n) is 4.90. The lowest BCUT2D eigenvalue weighted by molar-refractivity contribution is -0.179. The number of hydrogen-bond donors (Lipinski definition) is 3. The van der Waals surface area contributed by atoms with Crippen LogP contribution in [-0.4, -0.2) is 118 Å². The number of rotatable bonds is 14. The Labute approximate surface area is 316 Å². The molecular formula is C33H44N6O13S2. The van der Waals surface area contributed by atoms with E-state index < -0.39 is 87.5 Å². The van der Waals surface area contributed by atoms with Gasteiger partial charge in [-0.1, -0.05) is 35.5 Å². The molecule has 4 amide bonds. The third-order valence-corrected chi connectivity index (χ3v) is 9.01. The SMILES string of the molecule is CC(C)(C)OC(=O)Nc1nc(C(=NOC(C)(C)C(=O)OC(C)(C)C)C(=O)N[C@@H]2C(=O)N(S(=O)(=O)O)[C@@H]2CN2CC(COCc3ccccc3)OC2=O)cs1. The maximum Gasteiger partial charge on any atom is 0.413 e. The van der Waals surface area contributed by atoms with E-state index in [-0.39, 0.29) is 34.9 Å². The Bertz CT molecular complexity index is 1870. The van der Waals surface area contributed by atoms with Gasteiger partial charge in [0.2, 0.25) is 5.60 Å². The average Bonchev–Trinajstić information content (AvgIpc) is 3.63. The van der Waals surface area contributed by atoms with E-state index in [1.807, 2.05) is 30.3 Å². The minimum atomic E-state index is -5.14. The van der Waals surface area contributed by atoms with Gasteiger partial charge in [0.05, 0.1) is 25.8 Å². The van der Waals surface area contributed by atoms with E-state index in [1.165, 1.54) is 19.2 Å². The predicted octanol–water partition coefficient (Wildman–Crippen LogP) is 2.87. The normalized spacial score (nSPS) is 19.5. The van der Waals surface area contributed by atoms with Gasteiger partial charge in [0.25, 0.3) is 11.8 Å². The molecule has 4 rings (SSSR count). The van der Waals surface area contributed by atoms with Gasteiger partial charge in [-0.25, -0.2) is 23.7 Å². The summed E-state index contributed by atoms with van der Waals surface area (Å²) in [5.74, 6) is -3.17. The molecule has 21 heteroatoms. The number of anilines is 1. The summed E-state index contributed by atoms with van der Waals surface area (Å²) in [6.07, 6.45) is -2.41. The Hall–Kier alpha value is -4.86. The Morgan fingerprint density at radius 1 is 1.04 bits per heavy atom. The summed E-state index contributed by atoms with van der Waals surface area (Å²) in [6, 6.07) is 6.17. The molecule has 2 aromatic rings. The minimum Gasteiger partial charge on any atom is -0.457 e. The predicted molar refractivity (Wildman–Crippen MR) is 192 cm³/mol. The van der Waals surface area contributed by atoms with Crippen LogP contribution < -0.4 is 10.6 Å². The highest BCUT2D eigenvalue weighted by Crippen LogP contribution is 2.27. The van der Waals surface area contributed by atoms with E-state index in [0.717, 1.165) is 21.8 Å². The number of carbonyl (C=O) groups is 5. The highest BCUT2D eigenvalue weighted by atomic mass is 32.2. The molecule has 2 saturated heterocycles. The smallest absolute Gasteiger partial charge is 0.413 e. The number of amides is 4. The van der Waals surface area contributed by atoms with Crippen LogP contribution >= 0.6 is 11.3 Å². The van der Waals surface area contributed by atoms with Crippen LogP contribution in [0.4, 0.5) is 14.7 Å². The van der Waals surface area contributed by atoms with E-state index in [9.17, 15) is 36.9 Å². The molecule has 296 valence electrons. The van der Waals surface area contributed by atoms with Crippen molar-refractivity contribution >= 4 is 62.5 Å². The molecule has 2 aliphatic heterocycles. The molecule has 1 unspecified atom stereocenters. The lowest BCUT2D eigenvalue weighted by atomic mass is 9.97. The average molecular weight is 797 g/mol. The van der Waals surface area contributed by atoms with Gasteiger partial charge >= 0.3 is 28.5 Å². The zero-order valence-corrected chi connectivity index (χ0v) is 32.6. The zero-order valence-electron chi connectivity index (χ0n) is 31.0. The second-order valence-electron chi connectivity index (χ2n) is 14.7. The molecule has 1 aromatic heterocycles. The van der Waals surface area contributed by atoms with Crippen LogP contribution in [0.2, 0.25) is 0 Å². The molecule has 19 nitrogen and oxygen atoms in total. The maximum absolute atomic E-state index is 13.8. The summed E-state index contributed by atoms with van der Waals surface area (Å²) in [6.45, 7) is 12.3. The molecule has 3 heterocycles. The maximum atomic E-state index is 13.8. The summed E-state index contributed by atoms with van der Waals surface area (Å²) >= 11 is 0.880. The molecule has 0 bridgehead atoms. The van der Waals surface area contributed by atoms with Gasteiger partial charge in [-0.3, -0.25) is 19.5 Å². The lowest BCUT2D eigenvalue weighted by Crippen LogP contribution is -2.74. The molecule has 0 spiro atoms. The number of esters is 1. The first-order chi connectivity index (χ1) is 24.9. The van der Waals surface area contributed by atoms with Gasteiger partial charge < -0.3 is 34.0 Å². The van der Waals surface area contributed by atoms with E-state index in [2.05, 4.69) is 20.8 Å². The van der Waals surface area contributed by atoms with Crippen molar-refractivity contribution in [3.8, 4) is 0 Å². The van der Waals surface area contributed by atoms with Crippen LogP contribution in [0.25, 0.3) is 0 Å². The summed E-state index contributed by atoms with van der Waals surface area (Å²) < 4.78 is 56.1. The van der Waals surface area contributed by atoms with E-state index in [4.69, 9.17) is 23.8 Å². The van der Waals surface area contributed by atoms with Gasteiger partial charge in [-0.15, -0.1) is 11.3 Å². The van der Waals surface area contributed by atoms with Crippen LogP contribution in [-0.2, 0) is 55.1 Å². The van der Waals surface area contributed by atoms with Gasteiger partial charge in [0.15, 0.2) is 10.8 Å². The third-order valence-electron chi connectivity index (χ3n) is 7.30. The molecule has 0 radical (unpaired) electrons. The summed E-state index contributed by atoms with van der Waals surface area (Å²) in [4.78, 5) is 75.7. The fraction of sp³-hybridized carbons (Fsp3) is 0.545. The number of ether oxygens (including phenoxy) is 4. The zero-order chi connectivity index (χ0) is 40.2. The number of oxime groups is 1. The fourth-order valence-corrected chi connectivity index (χ4v) is 6.45. The molecule has 2 fully saturated rings. The van der Waals surface area contributed by atoms with Crippen LogP contribution in [0.15, 0.2) is 40.9 Å². The third kappa shape index (κ3) is 11.3. The number of carbonyl (C=O) groups excluding carboxylic acids is 5. The Balaban J connectivity index is 1.54.